The van der Waals surface area contributed by atoms with E-state index in [0.717, 1.165) is 31.2 Å². The fourth-order valence-corrected chi connectivity index (χ4v) is 3.46. The van der Waals surface area contributed by atoms with E-state index < -0.39 is 6.04 Å². The van der Waals surface area contributed by atoms with Gasteiger partial charge in [-0.2, -0.15) is 0 Å². The molecule has 0 aromatic heterocycles. The number of carbonyl (C=O) groups excluding carboxylic acids is 2. The molecule has 112 valence electrons. The minimum absolute atomic E-state index is 0.0319. The summed E-state index contributed by atoms with van der Waals surface area (Å²) in [6, 6.07) is 7.25. The van der Waals surface area contributed by atoms with Crippen LogP contribution in [0.3, 0.4) is 0 Å². The van der Waals surface area contributed by atoms with Crippen LogP contribution in [0.15, 0.2) is 24.3 Å². The van der Waals surface area contributed by atoms with Crippen LogP contribution in [0.5, 0.6) is 0 Å². The minimum Gasteiger partial charge on any atom is -0.301 e. The van der Waals surface area contributed by atoms with Crippen LogP contribution in [0.1, 0.15) is 37.7 Å². The molecular formula is C16H19ClN2O2. The van der Waals surface area contributed by atoms with Crippen LogP contribution in [-0.2, 0) is 16.1 Å². The van der Waals surface area contributed by atoms with Gasteiger partial charge >= 0.3 is 0 Å². The standard InChI is InChI=1S/C16H19ClN2O2/c17-12-5-3-4-11(8-12)10-18-14-9-15(20)19(16(14)21)13-6-1-2-7-13/h3-5,8,13-14,18H,1-2,6-7,9-10H2. The van der Waals surface area contributed by atoms with Crippen LogP contribution in [0.2, 0.25) is 5.02 Å². The van der Waals surface area contributed by atoms with E-state index in [0.29, 0.717) is 11.6 Å². The monoisotopic (exact) mass is 306 g/mol. The zero-order valence-corrected chi connectivity index (χ0v) is 12.6. The second-order valence-electron chi connectivity index (χ2n) is 5.81. The van der Waals surface area contributed by atoms with Gasteiger partial charge in [-0.3, -0.25) is 14.5 Å². The van der Waals surface area contributed by atoms with Crippen molar-refractivity contribution in [1.29, 1.82) is 0 Å². The number of hydrogen-bond donors (Lipinski definition) is 1. The van der Waals surface area contributed by atoms with E-state index in [4.69, 9.17) is 11.6 Å². The highest BCUT2D eigenvalue weighted by Crippen LogP contribution is 2.28. The second kappa shape index (κ2) is 6.16. The van der Waals surface area contributed by atoms with Crippen molar-refractivity contribution < 1.29 is 9.59 Å². The molecule has 2 amide bonds. The molecule has 2 aliphatic rings. The van der Waals surface area contributed by atoms with Gasteiger partial charge in [0.25, 0.3) is 0 Å². The largest absolute Gasteiger partial charge is 0.301 e. The molecule has 0 radical (unpaired) electrons. The summed E-state index contributed by atoms with van der Waals surface area (Å²) in [6.07, 6.45) is 4.41. The first-order valence-corrected chi connectivity index (χ1v) is 7.86. The van der Waals surface area contributed by atoms with Crippen LogP contribution in [0.25, 0.3) is 0 Å². The van der Waals surface area contributed by atoms with E-state index >= 15 is 0 Å². The molecule has 1 aliphatic carbocycles. The molecule has 1 N–H and O–H groups in total. The number of nitrogens with one attached hydrogen (secondary N) is 1. The number of benzene rings is 1. The van der Waals surface area contributed by atoms with E-state index in [2.05, 4.69) is 5.32 Å². The van der Waals surface area contributed by atoms with Gasteiger partial charge in [-0.1, -0.05) is 36.6 Å². The lowest BCUT2D eigenvalue weighted by atomic mass is 10.2. The Morgan fingerprint density at radius 1 is 1.24 bits per heavy atom. The van der Waals surface area contributed by atoms with Gasteiger partial charge in [0.2, 0.25) is 11.8 Å². The van der Waals surface area contributed by atoms with Crippen LogP contribution < -0.4 is 5.32 Å². The summed E-state index contributed by atoms with van der Waals surface area (Å²) in [5, 5.41) is 3.86. The normalized spacial score (nSPS) is 23.3. The lowest BCUT2D eigenvalue weighted by molar-refractivity contribution is -0.141. The van der Waals surface area contributed by atoms with Gasteiger partial charge < -0.3 is 5.32 Å². The quantitative estimate of drug-likeness (QED) is 0.870. The van der Waals surface area contributed by atoms with Gasteiger partial charge in [0, 0.05) is 17.6 Å². The van der Waals surface area contributed by atoms with Crippen LogP contribution in [-0.4, -0.2) is 28.8 Å². The zero-order valence-electron chi connectivity index (χ0n) is 11.8. The highest BCUT2D eigenvalue weighted by atomic mass is 35.5. The van der Waals surface area contributed by atoms with Crippen LogP contribution in [0.4, 0.5) is 0 Å². The number of hydrogen-bond acceptors (Lipinski definition) is 3. The van der Waals surface area contributed by atoms with Crippen molar-refractivity contribution in [2.45, 2.75) is 50.7 Å². The fourth-order valence-electron chi connectivity index (χ4n) is 3.24. The van der Waals surface area contributed by atoms with Crippen molar-refractivity contribution in [3.8, 4) is 0 Å². The Kier molecular flexibility index (Phi) is 4.27. The Bertz CT molecular complexity index is 555. The van der Waals surface area contributed by atoms with E-state index in [1.165, 1.54) is 4.90 Å². The second-order valence-corrected chi connectivity index (χ2v) is 6.24. The molecule has 0 spiro atoms. The van der Waals surface area contributed by atoms with Gasteiger partial charge in [0.15, 0.2) is 0 Å². The van der Waals surface area contributed by atoms with Crippen LogP contribution >= 0.6 is 11.6 Å². The van der Waals surface area contributed by atoms with Gasteiger partial charge in [-0.05, 0) is 30.5 Å². The molecule has 1 aromatic rings. The number of nitrogens with zero attached hydrogens (tertiary/aromatic N) is 1. The van der Waals surface area contributed by atoms with Crippen molar-refractivity contribution >= 4 is 23.4 Å². The highest BCUT2D eigenvalue weighted by Gasteiger charge is 2.42. The Balaban J connectivity index is 1.62. The summed E-state index contributed by atoms with van der Waals surface area (Å²) in [5.41, 5.74) is 1.02. The van der Waals surface area contributed by atoms with Crippen molar-refractivity contribution in [2.24, 2.45) is 0 Å². The molecule has 1 unspecified atom stereocenters. The molecule has 1 aliphatic heterocycles. The van der Waals surface area contributed by atoms with Gasteiger partial charge in [0.1, 0.15) is 0 Å². The molecule has 1 heterocycles. The molecule has 5 heteroatoms. The lowest BCUT2D eigenvalue weighted by Gasteiger charge is -2.22. The fraction of sp³-hybridized carbons (Fsp3) is 0.500. The number of halogens is 1. The predicted octanol–water partition coefficient (Wildman–Crippen LogP) is 2.50. The number of amides is 2. The Hall–Kier alpha value is -1.39. The number of imide groups is 1. The number of carbonyl (C=O) groups is 2. The predicted molar refractivity (Wildman–Crippen MR) is 80.8 cm³/mol. The average Bonchev–Trinajstić information content (AvgIpc) is 3.05. The molecule has 3 rings (SSSR count). The van der Waals surface area contributed by atoms with Crippen molar-refractivity contribution in [2.75, 3.05) is 0 Å². The summed E-state index contributed by atoms with van der Waals surface area (Å²) in [5.74, 6) is -0.0931. The third-order valence-electron chi connectivity index (χ3n) is 4.31. The minimum atomic E-state index is -0.392. The van der Waals surface area contributed by atoms with E-state index in [-0.39, 0.29) is 24.3 Å². The summed E-state index contributed by atoms with van der Waals surface area (Å²) in [6.45, 7) is 0.544. The number of rotatable bonds is 4. The third kappa shape index (κ3) is 3.11. The Labute approximate surface area is 129 Å². The number of likely N-dealkylation sites (tertiary alicyclic amines) is 1. The molecule has 1 atom stereocenters. The average molecular weight is 307 g/mol. The molecule has 2 fully saturated rings. The van der Waals surface area contributed by atoms with E-state index in [1.54, 1.807) is 0 Å². The first-order chi connectivity index (χ1) is 10.1. The van der Waals surface area contributed by atoms with Gasteiger partial charge in [-0.25, -0.2) is 0 Å². The molecule has 1 aromatic carbocycles. The molecule has 4 nitrogen and oxygen atoms in total. The van der Waals surface area contributed by atoms with Crippen molar-refractivity contribution in [1.82, 2.24) is 10.2 Å². The maximum absolute atomic E-state index is 12.4. The van der Waals surface area contributed by atoms with Crippen molar-refractivity contribution in [3.05, 3.63) is 34.9 Å². The molecule has 21 heavy (non-hydrogen) atoms. The Morgan fingerprint density at radius 3 is 2.71 bits per heavy atom. The highest BCUT2D eigenvalue weighted by molar-refractivity contribution is 6.30. The lowest BCUT2D eigenvalue weighted by Crippen LogP contribution is -2.42. The van der Waals surface area contributed by atoms with E-state index in [1.807, 2.05) is 24.3 Å². The molecule has 0 bridgehead atoms. The maximum Gasteiger partial charge on any atom is 0.247 e. The molecule has 1 saturated carbocycles. The third-order valence-corrected chi connectivity index (χ3v) is 4.55. The summed E-state index contributed by atoms with van der Waals surface area (Å²) < 4.78 is 0. The summed E-state index contributed by atoms with van der Waals surface area (Å²) in [7, 11) is 0. The Morgan fingerprint density at radius 2 is 2.00 bits per heavy atom. The van der Waals surface area contributed by atoms with Gasteiger partial charge in [0.05, 0.1) is 12.5 Å². The van der Waals surface area contributed by atoms with E-state index in [9.17, 15) is 9.59 Å². The molecule has 1 saturated heterocycles. The first kappa shape index (κ1) is 14.5. The van der Waals surface area contributed by atoms with Gasteiger partial charge in [-0.15, -0.1) is 0 Å². The van der Waals surface area contributed by atoms with Crippen LogP contribution in [0, 0.1) is 0 Å². The maximum atomic E-state index is 12.4. The summed E-state index contributed by atoms with van der Waals surface area (Å²) >= 11 is 5.94. The topological polar surface area (TPSA) is 49.4 Å². The van der Waals surface area contributed by atoms with Crippen molar-refractivity contribution in [3.63, 3.8) is 0 Å². The smallest absolute Gasteiger partial charge is 0.247 e. The first-order valence-electron chi connectivity index (χ1n) is 7.49. The zero-order chi connectivity index (χ0) is 14.8. The summed E-state index contributed by atoms with van der Waals surface area (Å²) in [4.78, 5) is 26.0. The molecular weight excluding hydrogens is 288 g/mol. The SMILES string of the molecule is O=C1CC(NCc2cccc(Cl)c2)C(=O)N1C1CCCC1.